The van der Waals surface area contributed by atoms with E-state index in [1.807, 2.05) is 0 Å². The van der Waals surface area contributed by atoms with Crippen molar-refractivity contribution in [1.29, 1.82) is 0 Å². The van der Waals surface area contributed by atoms with Gasteiger partial charge in [-0.15, -0.1) is 0 Å². The van der Waals surface area contributed by atoms with Crippen molar-refractivity contribution in [2.75, 3.05) is 13.1 Å². The van der Waals surface area contributed by atoms with Crippen molar-refractivity contribution in [2.24, 2.45) is 0 Å². The predicted octanol–water partition coefficient (Wildman–Crippen LogP) is 1.01. The van der Waals surface area contributed by atoms with Crippen LogP contribution in [0.5, 0.6) is 5.75 Å². The topological polar surface area (TPSA) is 132 Å². The van der Waals surface area contributed by atoms with Crippen LogP contribution in [0, 0.1) is 6.92 Å². The lowest BCUT2D eigenvalue weighted by Crippen LogP contribution is -2.39. The van der Waals surface area contributed by atoms with E-state index < -0.39 is 35.1 Å². The molecule has 0 heterocycles. The third kappa shape index (κ3) is 3.47. The van der Waals surface area contributed by atoms with Gasteiger partial charge < -0.3 is 15.3 Å². The molecule has 0 bridgehead atoms. The van der Waals surface area contributed by atoms with Crippen LogP contribution in [-0.2, 0) is 19.6 Å². The molecule has 128 valence electrons. The Bertz CT molecular complexity index is 905. The summed E-state index contributed by atoms with van der Waals surface area (Å²) >= 11 is 0. The smallest absolute Gasteiger partial charge is 0.318 e. The van der Waals surface area contributed by atoms with Crippen LogP contribution in [0.3, 0.4) is 0 Å². The van der Waals surface area contributed by atoms with Gasteiger partial charge in [-0.25, -0.2) is 8.42 Å². The van der Waals surface area contributed by atoms with Crippen LogP contribution in [0.4, 0.5) is 0 Å². The molecule has 0 spiro atoms. The molecule has 0 aliphatic heterocycles. The average molecular weight is 353 g/mol. The molecule has 0 fully saturated rings. The quantitative estimate of drug-likeness (QED) is 0.706. The fourth-order valence-electron chi connectivity index (χ4n) is 2.29. The minimum atomic E-state index is -4.30. The van der Waals surface area contributed by atoms with Crippen LogP contribution < -0.4 is 0 Å². The maximum atomic E-state index is 12.5. The monoisotopic (exact) mass is 353 g/mol. The molecule has 0 radical (unpaired) electrons. The van der Waals surface area contributed by atoms with Crippen molar-refractivity contribution in [3.63, 3.8) is 0 Å². The number of carboxylic acid groups (broad SMARTS) is 2. The molecule has 0 unspecified atom stereocenters. The third-order valence-corrected chi connectivity index (χ3v) is 5.28. The van der Waals surface area contributed by atoms with Gasteiger partial charge in [0.05, 0.1) is 4.90 Å². The highest BCUT2D eigenvalue weighted by atomic mass is 32.2. The van der Waals surface area contributed by atoms with Crippen molar-refractivity contribution >= 4 is 32.7 Å². The zero-order chi connectivity index (χ0) is 18.1. The summed E-state index contributed by atoms with van der Waals surface area (Å²) in [4.78, 5) is 21.5. The number of rotatable bonds is 6. The van der Waals surface area contributed by atoms with E-state index >= 15 is 0 Å². The Morgan fingerprint density at radius 2 is 1.62 bits per heavy atom. The molecular formula is C15H15NO7S. The summed E-state index contributed by atoms with van der Waals surface area (Å²) in [7, 11) is -4.30. The van der Waals surface area contributed by atoms with Gasteiger partial charge in [0.1, 0.15) is 18.8 Å². The second-order valence-corrected chi connectivity index (χ2v) is 7.09. The van der Waals surface area contributed by atoms with E-state index in [9.17, 15) is 23.1 Å². The summed E-state index contributed by atoms with van der Waals surface area (Å²) in [6, 6.07) is 6.99. The second-order valence-electron chi connectivity index (χ2n) is 5.15. The number of phenols is 1. The summed E-state index contributed by atoms with van der Waals surface area (Å²) in [6.45, 7) is -0.241. The van der Waals surface area contributed by atoms with E-state index in [-0.39, 0.29) is 10.6 Å². The maximum absolute atomic E-state index is 12.5. The number of benzene rings is 2. The van der Waals surface area contributed by atoms with Crippen LogP contribution in [0.25, 0.3) is 10.8 Å². The van der Waals surface area contributed by atoms with Gasteiger partial charge in [0.25, 0.3) is 0 Å². The minimum absolute atomic E-state index is 0.0662. The van der Waals surface area contributed by atoms with Gasteiger partial charge in [-0.3, -0.25) is 9.59 Å². The summed E-state index contributed by atoms with van der Waals surface area (Å²) in [5, 5.41) is 28.5. The number of hydrogen-bond donors (Lipinski definition) is 3. The zero-order valence-corrected chi connectivity index (χ0v) is 13.4. The fourth-order valence-corrected chi connectivity index (χ4v) is 3.66. The van der Waals surface area contributed by atoms with Gasteiger partial charge in [-0.05, 0) is 41.5 Å². The number of aryl methyl sites for hydroxylation is 1. The lowest BCUT2D eigenvalue weighted by Gasteiger charge is -2.18. The number of hydrogen-bond acceptors (Lipinski definition) is 5. The first kappa shape index (κ1) is 17.7. The molecule has 8 nitrogen and oxygen atoms in total. The number of fused-ring (bicyclic) bond motifs is 1. The molecule has 2 aromatic rings. The van der Waals surface area contributed by atoms with E-state index in [1.54, 1.807) is 6.92 Å². The number of aromatic hydroxyl groups is 1. The van der Waals surface area contributed by atoms with Crippen LogP contribution in [-0.4, -0.2) is 53.1 Å². The van der Waals surface area contributed by atoms with Gasteiger partial charge in [0.2, 0.25) is 10.0 Å². The highest BCUT2D eigenvalue weighted by Gasteiger charge is 2.28. The lowest BCUT2D eigenvalue weighted by molar-refractivity contribution is -0.139. The Balaban J connectivity index is 2.54. The third-order valence-electron chi connectivity index (χ3n) is 3.49. The molecule has 9 heteroatoms. The molecule has 0 aliphatic rings. The van der Waals surface area contributed by atoms with E-state index in [2.05, 4.69) is 0 Å². The van der Waals surface area contributed by atoms with Gasteiger partial charge in [-0.1, -0.05) is 12.1 Å². The van der Waals surface area contributed by atoms with E-state index in [4.69, 9.17) is 10.2 Å². The molecule has 0 amide bonds. The Labute approximate surface area is 137 Å². The molecule has 0 aliphatic carbocycles. The predicted molar refractivity (Wildman–Crippen MR) is 84.4 cm³/mol. The number of nitrogens with zero attached hydrogens (tertiary/aromatic N) is 1. The SMILES string of the molecule is Cc1c(O)ccc2cc(S(=O)(=O)N(CC(=O)O)CC(=O)O)ccc12. The number of carbonyl (C=O) groups is 2. The highest BCUT2D eigenvalue weighted by molar-refractivity contribution is 7.89. The summed E-state index contributed by atoms with van der Waals surface area (Å²) < 4.78 is 25.5. The van der Waals surface area contributed by atoms with Crippen molar-refractivity contribution < 1.29 is 33.3 Å². The summed E-state index contributed by atoms with van der Waals surface area (Å²) in [5.74, 6) is -2.85. The normalized spacial score (nSPS) is 11.8. The van der Waals surface area contributed by atoms with Crippen molar-refractivity contribution in [3.8, 4) is 5.75 Å². The first-order valence-electron chi connectivity index (χ1n) is 6.79. The molecule has 0 atom stereocenters. The molecule has 0 saturated carbocycles. The molecule has 0 saturated heterocycles. The summed E-state index contributed by atoms with van der Waals surface area (Å²) in [6.07, 6.45) is 0. The van der Waals surface area contributed by atoms with Gasteiger partial charge in [-0.2, -0.15) is 4.31 Å². The van der Waals surface area contributed by atoms with E-state index in [1.165, 1.54) is 30.3 Å². The van der Waals surface area contributed by atoms with Gasteiger partial charge >= 0.3 is 11.9 Å². The average Bonchev–Trinajstić information content (AvgIpc) is 2.49. The van der Waals surface area contributed by atoms with Crippen LogP contribution >= 0.6 is 0 Å². The molecular weight excluding hydrogens is 338 g/mol. The number of carboxylic acids is 2. The molecule has 2 aromatic carbocycles. The van der Waals surface area contributed by atoms with Crippen molar-refractivity contribution in [1.82, 2.24) is 4.31 Å². The summed E-state index contributed by atoms with van der Waals surface area (Å²) in [5.41, 5.74) is 0.573. The zero-order valence-electron chi connectivity index (χ0n) is 12.6. The number of aliphatic carboxylic acids is 2. The molecule has 3 N–H and O–H groups in total. The van der Waals surface area contributed by atoms with Gasteiger partial charge in [0, 0.05) is 0 Å². The standard InChI is InChI=1S/C15H15NO7S/c1-9-12-4-3-11(6-10(12)2-5-13(9)17)24(22,23)16(7-14(18)19)8-15(20)21/h2-6,17H,7-8H2,1H3,(H,18,19)(H,20,21). The first-order chi connectivity index (χ1) is 11.1. The Hall–Kier alpha value is -2.65. The lowest BCUT2D eigenvalue weighted by atomic mass is 10.1. The Morgan fingerprint density at radius 3 is 2.17 bits per heavy atom. The van der Waals surface area contributed by atoms with E-state index in [0.29, 0.717) is 20.6 Å². The van der Waals surface area contributed by atoms with Crippen molar-refractivity contribution in [2.45, 2.75) is 11.8 Å². The maximum Gasteiger partial charge on any atom is 0.318 e. The Kier molecular flexibility index (Phi) is 4.76. The molecule has 2 rings (SSSR count). The number of sulfonamides is 1. The highest BCUT2D eigenvalue weighted by Crippen LogP contribution is 2.28. The molecule has 24 heavy (non-hydrogen) atoms. The van der Waals surface area contributed by atoms with Crippen LogP contribution in [0.15, 0.2) is 35.2 Å². The first-order valence-corrected chi connectivity index (χ1v) is 8.23. The minimum Gasteiger partial charge on any atom is -0.508 e. The Morgan fingerprint density at radius 1 is 1.04 bits per heavy atom. The van der Waals surface area contributed by atoms with E-state index in [0.717, 1.165) is 0 Å². The van der Waals surface area contributed by atoms with Crippen molar-refractivity contribution in [3.05, 3.63) is 35.9 Å². The largest absolute Gasteiger partial charge is 0.508 e. The fraction of sp³-hybridized carbons (Fsp3) is 0.200. The second kappa shape index (κ2) is 6.46. The van der Waals surface area contributed by atoms with Crippen LogP contribution in [0.1, 0.15) is 5.56 Å². The number of phenolic OH excluding ortho intramolecular Hbond substituents is 1. The van der Waals surface area contributed by atoms with Gasteiger partial charge in [0.15, 0.2) is 0 Å². The van der Waals surface area contributed by atoms with Crippen LogP contribution in [0.2, 0.25) is 0 Å². The molecule has 0 aromatic heterocycles.